The average molecular weight is 214 g/mol. The number of rotatable bonds is 6. The highest BCUT2D eigenvalue weighted by molar-refractivity contribution is 5.98. The standard InChI is InChI=1S/C9H14N2O4/c1-5(8(10)14)2-7(9(11)15)6(3-12)4-13/h12-13H,1-4H2,(H2,10,14)(H2,11,15). The van der Waals surface area contributed by atoms with Crippen molar-refractivity contribution in [2.24, 2.45) is 11.5 Å². The predicted molar refractivity (Wildman–Crippen MR) is 53.3 cm³/mol. The van der Waals surface area contributed by atoms with Gasteiger partial charge in [0, 0.05) is 17.6 Å². The van der Waals surface area contributed by atoms with Gasteiger partial charge in [0.2, 0.25) is 11.8 Å². The SMILES string of the molecule is C=C(CC(C(N)=O)=C(CO)CO)C(N)=O. The highest BCUT2D eigenvalue weighted by atomic mass is 16.3. The molecule has 2 amide bonds. The Morgan fingerprint density at radius 3 is 1.80 bits per heavy atom. The number of carbonyl (C=O) groups is 2. The Morgan fingerprint density at radius 2 is 1.53 bits per heavy atom. The minimum absolute atomic E-state index is 0.0109. The fraction of sp³-hybridized carbons (Fsp3) is 0.333. The maximum absolute atomic E-state index is 11.0. The van der Waals surface area contributed by atoms with Crippen LogP contribution >= 0.6 is 0 Å². The Labute approximate surface area is 86.9 Å². The molecule has 0 radical (unpaired) electrons. The lowest BCUT2D eigenvalue weighted by atomic mass is 10.0. The molecule has 6 nitrogen and oxygen atoms in total. The van der Waals surface area contributed by atoms with E-state index in [2.05, 4.69) is 6.58 Å². The monoisotopic (exact) mass is 214 g/mol. The van der Waals surface area contributed by atoms with Gasteiger partial charge in [-0.15, -0.1) is 0 Å². The molecule has 0 spiro atoms. The number of hydrogen-bond donors (Lipinski definition) is 4. The van der Waals surface area contributed by atoms with Crippen LogP contribution in [-0.4, -0.2) is 35.2 Å². The molecule has 0 unspecified atom stereocenters. The van der Waals surface area contributed by atoms with E-state index >= 15 is 0 Å². The third kappa shape index (κ3) is 3.92. The van der Waals surface area contributed by atoms with E-state index in [4.69, 9.17) is 21.7 Å². The maximum atomic E-state index is 11.0. The number of primary amides is 2. The second-order valence-electron chi connectivity index (χ2n) is 2.91. The van der Waals surface area contributed by atoms with Gasteiger partial charge in [-0.2, -0.15) is 0 Å². The minimum Gasteiger partial charge on any atom is -0.392 e. The highest BCUT2D eigenvalue weighted by Crippen LogP contribution is 2.13. The summed E-state index contributed by atoms with van der Waals surface area (Å²) in [5.74, 6) is -1.58. The molecule has 0 saturated carbocycles. The first-order valence-electron chi connectivity index (χ1n) is 4.14. The van der Waals surface area contributed by atoms with E-state index in [1.54, 1.807) is 0 Å². The Bertz CT molecular complexity index is 314. The van der Waals surface area contributed by atoms with Crippen molar-refractivity contribution in [2.45, 2.75) is 6.42 Å². The lowest BCUT2D eigenvalue weighted by Crippen LogP contribution is -2.22. The fourth-order valence-corrected chi connectivity index (χ4v) is 0.928. The van der Waals surface area contributed by atoms with Crippen LogP contribution in [0.5, 0.6) is 0 Å². The number of aliphatic hydroxyl groups is 2. The summed E-state index contributed by atoms with van der Waals surface area (Å²) in [6.07, 6.45) is -0.166. The van der Waals surface area contributed by atoms with Gasteiger partial charge in [-0.3, -0.25) is 9.59 Å². The first-order valence-corrected chi connectivity index (χ1v) is 4.14. The zero-order valence-electron chi connectivity index (χ0n) is 8.19. The lowest BCUT2D eigenvalue weighted by molar-refractivity contribution is -0.114. The summed E-state index contributed by atoms with van der Waals surface area (Å²) in [6.45, 7) is 2.32. The van der Waals surface area contributed by atoms with Crippen LogP contribution < -0.4 is 11.5 Å². The van der Waals surface area contributed by atoms with E-state index in [1.165, 1.54) is 0 Å². The largest absolute Gasteiger partial charge is 0.392 e. The van der Waals surface area contributed by atoms with Crippen molar-refractivity contribution in [1.82, 2.24) is 0 Å². The average Bonchev–Trinajstić information content (AvgIpc) is 2.17. The molecule has 0 aliphatic heterocycles. The molecule has 84 valence electrons. The molecule has 0 heterocycles. The van der Waals surface area contributed by atoms with Crippen molar-refractivity contribution in [3.05, 3.63) is 23.3 Å². The molecule has 0 bridgehead atoms. The first-order chi connectivity index (χ1) is 6.93. The quantitative estimate of drug-likeness (QED) is 0.388. The van der Waals surface area contributed by atoms with Gasteiger partial charge >= 0.3 is 0 Å². The molecule has 0 aromatic carbocycles. The van der Waals surface area contributed by atoms with Gasteiger partial charge in [0.15, 0.2) is 0 Å². The molecule has 6 heteroatoms. The molecule has 0 saturated heterocycles. The second kappa shape index (κ2) is 5.94. The van der Waals surface area contributed by atoms with Crippen molar-refractivity contribution < 1.29 is 19.8 Å². The lowest BCUT2D eigenvalue weighted by Gasteiger charge is -2.09. The summed E-state index contributed by atoms with van der Waals surface area (Å²) in [7, 11) is 0. The van der Waals surface area contributed by atoms with Crippen molar-refractivity contribution in [2.75, 3.05) is 13.2 Å². The topological polar surface area (TPSA) is 127 Å². The highest BCUT2D eigenvalue weighted by Gasteiger charge is 2.14. The summed E-state index contributed by atoms with van der Waals surface area (Å²) >= 11 is 0. The number of aliphatic hydroxyl groups excluding tert-OH is 2. The molecule has 0 aromatic rings. The van der Waals surface area contributed by atoms with Gasteiger partial charge in [0.05, 0.1) is 13.2 Å². The van der Waals surface area contributed by atoms with Crippen molar-refractivity contribution in [1.29, 1.82) is 0 Å². The van der Waals surface area contributed by atoms with Gasteiger partial charge in [-0.05, 0) is 5.57 Å². The summed E-state index contributed by atoms with van der Waals surface area (Å²) in [4.78, 5) is 21.6. The molecular weight excluding hydrogens is 200 g/mol. The number of carbonyl (C=O) groups excluding carboxylic acids is 2. The van der Waals surface area contributed by atoms with Crippen LogP contribution in [0, 0.1) is 0 Å². The molecular formula is C9H14N2O4. The Morgan fingerprint density at radius 1 is 1.07 bits per heavy atom. The van der Waals surface area contributed by atoms with E-state index < -0.39 is 25.0 Å². The van der Waals surface area contributed by atoms with Gasteiger partial charge in [0.1, 0.15) is 0 Å². The van der Waals surface area contributed by atoms with Gasteiger partial charge in [-0.1, -0.05) is 6.58 Å². The predicted octanol–water partition coefficient (Wildman–Crippen LogP) is -1.82. The maximum Gasteiger partial charge on any atom is 0.245 e. The molecule has 0 atom stereocenters. The van der Waals surface area contributed by atoms with Crippen molar-refractivity contribution in [3.63, 3.8) is 0 Å². The van der Waals surface area contributed by atoms with Crippen LogP contribution in [0.1, 0.15) is 6.42 Å². The molecule has 0 aromatic heterocycles. The molecule has 0 aliphatic carbocycles. The van der Waals surface area contributed by atoms with Crippen LogP contribution in [-0.2, 0) is 9.59 Å². The molecule has 0 rings (SSSR count). The summed E-state index contributed by atoms with van der Waals surface area (Å²) < 4.78 is 0. The second-order valence-corrected chi connectivity index (χ2v) is 2.91. The molecule has 15 heavy (non-hydrogen) atoms. The Hall–Kier alpha value is -1.66. The van der Waals surface area contributed by atoms with E-state index in [-0.39, 0.29) is 23.1 Å². The van der Waals surface area contributed by atoms with E-state index in [0.29, 0.717) is 0 Å². The third-order valence-electron chi connectivity index (χ3n) is 1.84. The number of hydrogen-bond acceptors (Lipinski definition) is 4. The van der Waals surface area contributed by atoms with Gasteiger partial charge in [0.25, 0.3) is 0 Å². The Balaban J connectivity index is 4.99. The first kappa shape index (κ1) is 13.3. The van der Waals surface area contributed by atoms with Crippen LogP contribution in [0.25, 0.3) is 0 Å². The minimum atomic E-state index is -0.824. The Kier molecular flexibility index (Phi) is 5.29. The van der Waals surface area contributed by atoms with Gasteiger partial charge in [-0.25, -0.2) is 0 Å². The van der Waals surface area contributed by atoms with E-state index in [1.807, 2.05) is 0 Å². The smallest absolute Gasteiger partial charge is 0.245 e. The summed E-state index contributed by atoms with van der Waals surface area (Å²) in [5, 5.41) is 17.7. The van der Waals surface area contributed by atoms with E-state index in [0.717, 1.165) is 0 Å². The van der Waals surface area contributed by atoms with Crippen LogP contribution in [0.3, 0.4) is 0 Å². The molecule has 0 aliphatic rings. The van der Waals surface area contributed by atoms with Crippen LogP contribution in [0.2, 0.25) is 0 Å². The summed E-state index contributed by atoms with van der Waals surface area (Å²) in [6, 6.07) is 0. The zero-order valence-corrected chi connectivity index (χ0v) is 8.19. The van der Waals surface area contributed by atoms with Crippen molar-refractivity contribution in [3.8, 4) is 0 Å². The van der Waals surface area contributed by atoms with Crippen molar-refractivity contribution >= 4 is 11.8 Å². The number of amides is 2. The van der Waals surface area contributed by atoms with E-state index in [9.17, 15) is 9.59 Å². The normalized spacial score (nSPS) is 9.47. The van der Waals surface area contributed by atoms with Crippen LogP contribution in [0.15, 0.2) is 23.3 Å². The fourth-order valence-electron chi connectivity index (χ4n) is 0.928. The van der Waals surface area contributed by atoms with Crippen LogP contribution in [0.4, 0.5) is 0 Å². The number of nitrogens with two attached hydrogens (primary N) is 2. The summed E-state index contributed by atoms with van der Waals surface area (Å²) in [5.41, 5.74) is 9.97. The molecule has 6 N–H and O–H groups in total. The zero-order chi connectivity index (χ0) is 12.0. The molecule has 0 fully saturated rings. The van der Waals surface area contributed by atoms with Gasteiger partial charge < -0.3 is 21.7 Å². The third-order valence-corrected chi connectivity index (χ3v) is 1.84.